The monoisotopic (exact) mass is 417 g/mol. The minimum atomic E-state index is -0.671. The number of rotatable bonds is 8. The zero-order valence-corrected chi connectivity index (χ0v) is 17.3. The molecule has 0 amide bonds. The molecule has 158 valence electrons. The SMILES string of the molecule is COC(=O)/C=C(/Nc1cccc(-c2ccc(OCc3ccccc3)cc2)c1)C(=O)OC. The maximum absolute atomic E-state index is 11.9. The molecule has 0 saturated carbocycles. The summed E-state index contributed by atoms with van der Waals surface area (Å²) >= 11 is 0. The molecule has 0 fully saturated rings. The van der Waals surface area contributed by atoms with Crippen molar-refractivity contribution in [1.29, 1.82) is 0 Å². The predicted octanol–water partition coefficient (Wildman–Crippen LogP) is 4.57. The molecule has 1 N–H and O–H groups in total. The Kier molecular flexibility index (Phi) is 7.43. The highest BCUT2D eigenvalue weighted by molar-refractivity contribution is 5.98. The average Bonchev–Trinajstić information content (AvgIpc) is 2.83. The molecule has 0 heterocycles. The smallest absolute Gasteiger partial charge is 0.354 e. The van der Waals surface area contributed by atoms with Gasteiger partial charge < -0.3 is 19.5 Å². The Bertz CT molecular complexity index is 1060. The van der Waals surface area contributed by atoms with Crippen molar-refractivity contribution >= 4 is 17.6 Å². The number of carbonyl (C=O) groups is 2. The van der Waals surface area contributed by atoms with Gasteiger partial charge in [0.1, 0.15) is 18.1 Å². The molecule has 0 aliphatic rings. The molecule has 0 bridgehead atoms. The van der Waals surface area contributed by atoms with E-state index in [0.29, 0.717) is 12.3 Å². The van der Waals surface area contributed by atoms with Crippen molar-refractivity contribution in [3.05, 3.63) is 96.2 Å². The number of nitrogens with one attached hydrogen (secondary N) is 1. The first-order chi connectivity index (χ1) is 15.1. The van der Waals surface area contributed by atoms with Crippen LogP contribution in [0.2, 0.25) is 0 Å². The van der Waals surface area contributed by atoms with Crippen molar-refractivity contribution in [3.8, 4) is 16.9 Å². The maximum Gasteiger partial charge on any atom is 0.354 e. The van der Waals surface area contributed by atoms with Gasteiger partial charge >= 0.3 is 11.9 Å². The average molecular weight is 417 g/mol. The van der Waals surface area contributed by atoms with Crippen LogP contribution in [0.1, 0.15) is 5.56 Å². The zero-order chi connectivity index (χ0) is 22.1. The van der Waals surface area contributed by atoms with Crippen LogP contribution in [0.15, 0.2) is 90.6 Å². The molecule has 0 unspecified atom stereocenters. The fourth-order valence-electron chi connectivity index (χ4n) is 2.85. The number of hydrogen-bond donors (Lipinski definition) is 1. The van der Waals surface area contributed by atoms with E-state index in [2.05, 4.69) is 10.1 Å². The largest absolute Gasteiger partial charge is 0.489 e. The number of hydrogen-bond acceptors (Lipinski definition) is 6. The Morgan fingerprint density at radius 3 is 2.26 bits per heavy atom. The summed E-state index contributed by atoms with van der Waals surface area (Å²) in [5.41, 5.74) is 3.62. The zero-order valence-electron chi connectivity index (χ0n) is 17.3. The Morgan fingerprint density at radius 2 is 1.58 bits per heavy atom. The molecule has 0 aliphatic heterocycles. The van der Waals surface area contributed by atoms with Gasteiger partial charge in [0, 0.05) is 5.69 Å². The van der Waals surface area contributed by atoms with E-state index in [9.17, 15) is 9.59 Å². The molecular formula is C25H23NO5. The van der Waals surface area contributed by atoms with Crippen molar-refractivity contribution in [2.45, 2.75) is 6.61 Å². The van der Waals surface area contributed by atoms with E-state index in [4.69, 9.17) is 9.47 Å². The van der Waals surface area contributed by atoms with Gasteiger partial charge in [-0.05, 0) is 41.0 Å². The normalized spacial score (nSPS) is 10.8. The summed E-state index contributed by atoms with van der Waals surface area (Å²) in [5.74, 6) is -0.554. The van der Waals surface area contributed by atoms with Crippen LogP contribution in [0.3, 0.4) is 0 Å². The topological polar surface area (TPSA) is 73.9 Å². The molecule has 0 atom stereocenters. The Morgan fingerprint density at radius 1 is 0.839 bits per heavy atom. The van der Waals surface area contributed by atoms with Crippen LogP contribution in [0, 0.1) is 0 Å². The second kappa shape index (κ2) is 10.6. The number of ether oxygens (including phenoxy) is 3. The minimum Gasteiger partial charge on any atom is -0.489 e. The summed E-state index contributed by atoms with van der Waals surface area (Å²) < 4.78 is 15.1. The van der Waals surface area contributed by atoms with E-state index in [0.717, 1.165) is 28.5 Å². The number of esters is 2. The maximum atomic E-state index is 11.9. The molecular weight excluding hydrogens is 394 g/mol. The summed E-state index contributed by atoms with van der Waals surface area (Å²) in [6.45, 7) is 0.502. The van der Waals surface area contributed by atoms with Crippen LogP contribution in [0.25, 0.3) is 11.1 Å². The number of benzene rings is 3. The van der Waals surface area contributed by atoms with E-state index in [1.54, 1.807) is 6.07 Å². The quantitative estimate of drug-likeness (QED) is 0.427. The third kappa shape index (κ3) is 6.21. The summed E-state index contributed by atoms with van der Waals surface area (Å²) in [5, 5.41) is 2.92. The molecule has 3 rings (SSSR count). The number of carbonyl (C=O) groups excluding carboxylic acids is 2. The lowest BCUT2D eigenvalue weighted by atomic mass is 10.0. The van der Waals surface area contributed by atoms with E-state index in [1.165, 1.54) is 14.2 Å². The lowest BCUT2D eigenvalue weighted by Crippen LogP contribution is -2.15. The van der Waals surface area contributed by atoms with Crippen molar-refractivity contribution in [2.24, 2.45) is 0 Å². The summed E-state index contributed by atoms with van der Waals surface area (Å²) in [6.07, 6.45) is 1.05. The summed E-state index contributed by atoms with van der Waals surface area (Å²) in [6, 6.07) is 25.2. The van der Waals surface area contributed by atoms with Crippen LogP contribution in [-0.2, 0) is 25.7 Å². The second-order valence-corrected chi connectivity index (χ2v) is 6.58. The molecule has 6 heteroatoms. The number of anilines is 1. The van der Waals surface area contributed by atoms with Gasteiger partial charge in [0.25, 0.3) is 0 Å². The minimum absolute atomic E-state index is 0.0174. The van der Waals surface area contributed by atoms with Crippen LogP contribution in [-0.4, -0.2) is 26.2 Å². The standard InChI is InChI=1S/C25H23NO5/c1-29-24(27)16-23(25(28)30-2)26-21-10-6-9-20(15-21)19-11-13-22(14-12-19)31-17-18-7-4-3-5-8-18/h3-16,26H,17H2,1-2H3/b23-16+. The first-order valence-corrected chi connectivity index (χ1v) is 9.61. The van der Waals surface area contributed by atoms with Crippen LogP contribution in [0.4, 0.5) is 5.69 Å². The van der Waals surface area contributed by atoms with Gasteiger partial charge in [0.15, 0.2) is 0 Å². The molecule has 31 heavy (non-hydrogen) atoms. The lowest BCUT2D eigenvalue weighted by molar-refractivity contribution is -0.138. The highest BCUT2D eigenvalue weighted by Gasteiger charge is 2.13. The summed E-state index contributed by atoms with van der Waals surface area (Å²) in [7, 11) is 2.48. The molecule has 3 aromatic rings. The fraction of sp³-hybridized carbons (Fsp3) is 0.120. The third-order valence-corrected chi connectivity index (χ3v) is 4.45. The molecule has 0 spiro atoms. The highest BCUT2D eigenvalue weighted by atomic mass is 16.5. The van der Waals surface area contributed by atoms with E-state index < -0.39 is 11.9 Å². The Hall–Kier alpha value is -4.06. The molecule has 6 nitrogen and oxygen atoms in total. The summed E-state index contributed by atoms with van der Waals surface area (Å²) in [4.78, 5) is 23.5. The number of methoxy groups -OCH3 is 2. The van der Waals surface area contributed by atoms with Crippen molar-refractivity contribution in [1.82, 2.24) is 0 Å². The Balaban J connectivity index is 1.72. The van der Waals surface area contributed by atoms with Gasteiger partial charge in [-0.3, -0.25) is 0 Å². The fourth-order valence-corrected chi connectivity index (χ4v) is 2.85. The van der Waals surface area contributed by atoms with Gasteiger partial charge in [-0.2, -0.15) is 0 Å². The molecule has 3 aromatic carbocycles. The first kappa shape index (κ1) is 21.6. The van der Waals surface area contributed by atoms with Gasteiger partial charge in [0.05, 0.1) is 20.3 Å². The molecule has 0 saturated heterocycles. The second-order valence-electron chi connectivity index (χ2n) is 6.58. The third-order valence-electron chi connectivity index (χ3n) is 4.45. The van der Waals surface area contributed by atoms with Gasteiger partial charge in [-0.25, -0.2) is 9.59 Å². The van der Waals surface area contributed by atoms with Gasteiger partial charge in [0.2, 0.25) is 0 Å². The predicted molar refractivity (Wildman–Crippen MR) is 118 cm³/mol. The van der Waals surface area contributed by atoms with Crippen molar-refractivity contribution in [2.75, 3.05) is 19.5 Å². The van der Waals surface area contributed by atoms with Gasteiger partial charge in [-0.1, -0.05) is 54.6 Å². The van der Waals surface area contributed by atoms with E-state index >= 15 is 0 Å². The highest BCUT2D eigenvalue weighted by Crippen LogP contribution is 2.26. The van der Waals surface area contributed by atoms with Gasteiger partial charge in [-0.15, -0.1) is 0 Å². The molecule has 0 radical (unpaired) electrons. The first-order valence-electron chi connectivity index (χ1n) is 9.61. The molecule has 0 aliphatic carbocycles. The lowest BCUT2D eigenvalue weighted by Gasteiger charge is -2.11. The van der Waals surface area contributed by atoms with Crippen molar-refractivity contribution < 1.29 is 23.8 Å². The van der Waals surface area contributed by atoms with Crippen molar-refractivity contribution in [3.63, 3.8) is 0 Å². The Labute approximate surface area is 181 Å². The van der Waals surface area contributed by atoms with Crippen LogP contribution in [0.5, 0.6) is 5.75 Å². The van der Waals surface area contributed by atoms with Crippen LogP contribution < -0.4 is 10.1 Å². The van der Waals surface area contributed by atoms with E-state index in [1.807, 2.05) is 72.8 Å². The molecule has 0 aromatic heterocycles. The van der Waals surface area contributed by atoms with Crippen LogP contribution >= 0.6 is 0 Å². The van der Waals surface area contributed by atoms with E-state index in [-0.39, 0.29) is 5.70 Å².